The van der Waals surface area contributed by atoms with E-state index in [0.717, 1.165) is 25.0 Å². The molecule has 0 bridgehead atoms. The summed E-state index contributed by atoms with van der Waals surface area (Å²) in [6.45, 7) is 3.11. The number of rotatable bonds is 9. The smallest absolute Gasteiger partial charge is 0.319 e. The number of anilines is 1. The molecule has 6 heteroatoms. The van der Waals surface area contributed by atoms with Crippen molar-refractivity contribution in [3.05, 3.63) is 24.3 Å². The molecule has 6 nitrogen and oxygen atoms in total. The van der Waals surface area contributed by atoms with E-state index in [1.54, 1.807) is 12.1 Å². The quantitative estimate of drug-likeness (QED) is 0.543. The van der Waals surface area contributed by atoms with Gasteiger partial charge in [0.05, 0.1) is 13.7 Å². The number of benzene rings is 1. The van der Waals surface area contributed by atoms with E-state index in [1.165, 1.54) is 7.11 Å². The molecule has 2 N–H and O–H groups in total. The van der Waals surface area contributed by atoms with Crippen LogP contribution in [0.5, 0.6) is 5.75 Å². The maximum atomic E-state index is 11.7. The van der Waals surface area contributed by atoms with Crippen LogP contribution in [-0.2, 0) is 9.53 Å². The van der Waals surface area contributed by atoms with Crippen molar-refractivity contribution in [1.82, 2.24) is 5.32 Å². The molecule has 0 heterocycles. The highest BCUT2D eigenvalue weighted by molar-refractivity contribution is 5.89. The summed E-state index contributed by atoms with van der Waals surface area (Å²) in [5.74, 6) is 0.584. The van der Waals surface area contributed by atoms with Gasteiger partial charge in [-0.2, -0.15) is 0 Å². The number of unbranched alkanes of at least 4 members (excludes halogenated alkanes) is 2. The van der Waals surface area contributed by atoms with E-state index in [-0.39, 0.29) is 12.0 Å². The van der Waals surface area contributed by atoms with Gasteiger partial charge in [-0.15, -0.1) is 0 Å². The summed E-state index contributed by atoms with van der Waals surface area (Å²) in [6.07, 6.45) is 2.90. The van der Waals surface area contributed by atoms with Gasteiger partial charge in [-0.3, -0.25) is 4.79 Å². The van der Waals surface area contributed by atoms with Crippen LogP contribution in [0.1, 0.15) is 32.6 Å². The van der Waals surface area contributed by atoms with E-state index in [1.807, 2.05) is 19.1 Å². The van der Waals surface area contributed by atoms with Gasteiger partial charge in [0.1, 0.15) is 5.75 Å². The second kappa shape index (κ2) is 10.5. The Kier molecular flexibility index (Phi) is 8.49. The maximum absolute atomic E-state index is 11.7. The van der Waals surface area contributed by atoms with Crippen LogP contribution >= 0.6 is 0 Å². The molecule has 0 aliphatic carbocycles. The highest BCUT2D eigenvalue weighted by Crippen LogP contribution is 2.15. The van der Waals surface area contributed by atoms with Crippen molar-refractivity contribution in [1.29, 1.82) is 0 Å². The van der Waals surface area contributed by atoms with Crippen molar-refractivity contribution in [2.45, 2.75) is 32.6 Å². The number of urea groups is 1. The monoisotopic (exact) mass is 308 g/mol. The zero-order valence-corrected chi connectivity index (χ0v) is 13.2. The van der Waals surface area contributed by atoms with Crippen LogP contribution in [0.4, 0.5) is 10.5 Å². The average molecular weight is 308 g/mol. The first-order valence-electron chi connectivity index (χ1n) is 7.50. The summed E-state index contributed by atoms with van der Waals surface area (Å²) in [6, 6.07) is 6.97. The molecular formula is C16H24N2O4. The third-order valence-electron chi connectivity index (χ3n) is 2.99. The predicted octanol–water partition coefficient (Wildman–Crippen LogP) is 2.94. The van der Waals surface area contributed by atoms with E-state index < -0.39 is 0 Å². The Morgan fingerprint density at radius 2 is 1.82 bits per heavy atom. The molecule has 0 aliphatic heterocycles. The molecular weight excluding hydrogens is 284 g/mol. The lowest BCUT2D eigenvalue weighted by Crippen LogP contribution is -2.29. The van der Waals surface area contributed by atoms with Crippen molar-refractivity contribution in [3.8, 4) is 5.75 Å². The van der Waals surface area contributed by atoms with Crippen molar-refractivity contribution < 1.29 is 19.1 Å². The van der Waals surface area contributed by atoms with E-state index in [9.17, 15) is 9.59 Å². The van der Waals surface area contributed by atoms with Crippen LogP contribution in [0.15, 0.2) is 24.3 Å². The second-order valence-corrected chi connectivity index (χ2v) is 4.73. The van der Waals surface area contributed by atoms with E-state index in [4.69, 9.17) is 4.74 Å². The summed E-state index contributed by atoms with van der Waals surface area (Å²) >= 11 is 0. The Bertz CT molecular complexity index is 460. The molecule has 0 unspecified atom stereocenters. The number of esters is 1. The fourth-order valence-corrected chi connectivity index (χ4v) is 1.85. The average Bonchev–Trinajstić information content (AvgIpc) is 2.52. The first-order valence-corrected chi connectivity index (χ1v) is 7.50. The molecule has 0 fully saturated rings. The lowest BCUT2D eigenvalue weighted by Gasteiger charge is -2.08. The molecule has 1 aromatic carbocycles. The van der Waals surface area contributed by atoms with E-state index >= 15 is 0 Å². The lowest BCUT2D eigenvalue weighted by molar-refractivity contribution is -0.140. The molecule has 0 aromatic heterocycles. The second-order valence-electron chi connectivity index (χ2n) is 4.73. The third kappa shape index (κ3) is 7.52. The molecule has 1 rings (SSSR count). The number of amides is 2. The highest BCUT2D eigenvalue weighted by Gasteiger charge is 2.02. The lowest BCUT2D eigenvalue weighted by atomic mass is 10.2. The van der Waals surface area contributed by atoms with Gasteiger partial charge in [0.2, 0.25) is 0 Å². The highest BCUT2D eigenvalue weighted by atomic mass is 16.5. The Morgan fingerprint density at radius 3 is 2.45 bits per heavy atom. The first-order chi connectivity index (χ1) is 10.7. The topological polar surface area (TPSA) is 76.7 Å². The number of ether oxygens (including phenoxy) is 2. The van der Waals surface area contributed by atoms with Gasteiger partial charge in [-0.25, -0.2) is 4.79 Å². The summed E-state index contributed by atoms with van der Waals surface area (Å²) in [7, 11) is 1.38. The zero-order chi connectivity index (χ0) is 16.2. The van der Waals surface area contributed by atoms with Crippen molar-refractivity contribution in [2.75, 3.05) is 25.6 Å². The minimum Gasteiger partial charge on any atom is -0.494 e. The number of hydrogen-bond acceptors (Lipinski definition) is 4. The zero-order valence-electron chi connectivity index (χ0n) is 13.2. The summed E-state index contributed by atoms with van der Waals surface area (Å²) < 4.78 is 9.89. The molecule has 0 atom stereocenters. The van der Waals surface area contributed by atoms with Crippen LogP contribution in [0.25, 0.3) is 0 Å². The van der Waals surface area contributed by atoms with Crippen LogP contribution in [-0.4, -0.2) is 32.3 Å². The van der Waals surface area contributed by atoms with Crippen molar-refractivity contribution in [2.24, 2.45) is 0 Å². The molecule has 0 saturated carbocycles. The van der Waals surface area contributed by atoms with Crippen molar-refractivity contribution >= 4 is 17.7 Å². The molecule has 22 heavy (non-hydrogen) atoms. The van der Waals surface area contributed by atoms with Gasteiger partial charge in [0, 0.05) is 18.7 Å². The third-order valence-corrected chi connectivity index (χ3v) is 2.99. The van der Waals surface area contributed by atoms with Crippen LogP contribution in [0, 0.1) is 0 Å². The molecule has 0 saturated heterocycles. The summed E-state index contributed by atoms with van der Waals surface area (Å²) in [4.78, 5) is 22.6. The minimum absolute atomic E-state index is 0.193. The predicted molar refractivity (Wildman–Crippen MR) is 85.1 cm³/mol. The Labute approximate surface area is 131 Å². The van der Waals surface area contributed by atoms with Gasteiger partial charge in [-0.1, -0.05) is 6.42 Å². The van der Waals surface area contributed by atoms with Crippen molar-refractivity contribution in [3.63, 3.8) is 0 Å². The SMILES string of the molecule is CCOc1ccc(NC(=O)NCCCCCC(=O)OC)cc1. The Balaban J connectivity index is 2.14. The number of carbonyl (C=O) groups excluding carboxylic acids is 2. The molecule has 0 radical (unpaired) electrons. The summed E-state index contributed by atoms with van der Waals surface area (Å²) in [5, 5.41) is 5.53. The van der Waals surface area contributed by atoms with Gasteiger partial charge in [0.25, 0.3) is 0 Å². The van der Waals surface area contributed by atoms with Crippen LogP contribution in [0.2, 0.25) is 0 Å². The van der Waals surface area contributed by atoms with E-state index in [2.05, 4.69) is 15.4 Å². The molecule has 2 amide bonds. The summed E-state index contributed by atoms with van der Waals surface area (Å²) in [5.41, 5.74) is 0.714. The van der Waals surface area contributed by atoms with Gasteiger partial charge < -0.3 is 20.1 Å². The number of hydrogen-bond donors (Lipinski definition) is 2. The van der Waals surface area contributed by atoms with E-state index in [0.29, 0.717) is 25.3 Å². The molecule has 122 valence electrons. The first kappa shape index (κ1) is 17.8. The largest absolute Gasteiger partial charge is 0.494 e. The normalized spacial score (nSPS) is 9.91. The minimum atomic E-state index is -0.239. The molecule has 1 aromatic rings. The Hall–Kier alpha value is -2.24. The van der Waals surface area contributed by atoms with Crippen LogP contribution < -0.4 is 15.4 Å². The van der Waals surface area contributed by atoms with Crippen LogP contribution in [0.3, 0.4) is 0 Å². The number of nitrogens with one attached hydrogen (secondary N) is 2. The van der Waals surface area contributed by atoms with Gasteiger partial charge in [-0.05, 0) is 44.0 Å². The molecule has 0 spiro atoms. The standard InChI is InChI=1S/C16H24N2O4/c1-3-22-14-10-8-13(9-11-14)18-16(20)17-12-6-4-5-7-15(19)21-2/h8-11H,3-7,12H2,1-2H3,(H2,17,18,20). The number of methoxy groups -OCH3 is 1. The fraction of sp³-hybridized carbons (Fsp3) is 0.500. The van der Waals surface area contributed by atoms with Gasteiger partial charge >= 0.3 is 12.0 Å². The fourth-order valence-electron chi connectivity index (χ4n) is 1.85. The number of carbonyl (C=O) groups is 2. The Morgan fingerprint density at radius 1 is 1.09 bits per heavy atom. The maximum Gasteiger partial charge on any atom is 0.319 e. The van der Waals surface area contributed by atoms with Gasteiger partial charge in [0.15, 0.2) is 0 Å². The molecule has 0 aliphatic rings.